The van der Waals surface area contributed by atoms with Crippen LogP contribution in [0.5, 0.6) is 0 Å². The molecule has 0 amide bonds. The van der Waals surface area contributed by atoms with Gasteiger partial charge in [0.1, 0.15) is 11.5 Å². The van der Waals surface area contributed by atoms with E-state index >= 15 is 0 Å². The van der Waals surface area contributed by atoms with Crippen molar-refractivity contribution in [3.8, 4) is 0 Å². The van der Waals surface area contributed by atoms with Gasteiger partial charge >= 0.3 is 5.97 Å². The third-order valence-electron chi connectivity index (χ3n) is 5.76. The van der Waals surface area contributed by atoms with Crippen molar-refractivity contribution in [1.82, 2.24) is 5.16 Å². The Morgan fingerprint density at radius 3 is 2.32 bits per heavy atom. The summed E-state index contributed by atoms with van der Waals surface area (Å²) in [6, 6.07) is 0. The van der Waals surface area contributed by atoms with E-state index in [0.29, 0.717) is 42.0 Å². The third-order valence-corrected chi connectivity index (χ3v) is 5.76. The van der Waals surface area contributed by atoms with Crippen LogP contribution in [-0.2, 0) is 22.4 Å². The predicted octanol–water partition coefficient (Wildman–Crippen LogP) is 3.88. The number of aliphatic carboxylic acids is 1. The first-order valence-corrected chi connectivity index (χ1v) is 10.6. The summed E-state index contributed by atoms with van der Waals surface area (Å²) in [5.74, 6) is -0.710. The molecule has 1 saturated carbocycles. The van der Waals surface area contributed by atoms with Crippen LogP contribution in [0.2, 0.25) is 0 Å². The van der Waals surface area contributed by atoms with E-state index in [9.17, 15) is 19.5 Å². The minimum Gasteiger partial charge on any atom is -0.511 e. The predicted molar refractivity (Wildman–Crippen MR) is 113 cm³/mol. The summed E-state index contributed by atoms with van der Waals surface area (Å²) in [6.45, 7) is 7.95. The number of rotatable bonds is 6. The number of nitrogens with zero attached hydrogens (tertiary/aromatic N) is 2. The number of carbonyl (C=O) groups excluding carboxylic acids is 2. The average Bonchev–Trinajstić information content (AvgIpc) is 2.99. The summed E-state index contributed by atoms with van der Waals surface area (Å²) < 4.78 is 5.40. The maximum Gasteiger partial charge on any atom is 0.305 e. The number of allylic oxidation sites excluding steroid dienone is 2. The van der Waals surface area contributed by atoms with Gasteiger partial charge < -0.3 is 14.7 Å². The van der Waals surface area contributed by atoms with E-state index in [1.807, 2.05) is 27.7 Å². The van der Waals surface area contributed by atoms with Gasteiger partial charge in [0.2, 0.25) is 0 Å². The van der Waals surface area contributed by atoms with E-state index in [0.717, 1.165) is 0 Å². The van der Waals surface area contributed by atoms with Gasteiger partial charge in [0.25, 0.3) is 0 Å². The molecule has 2 N–H and O–H groups in total. The molecule has 31 heavy (non-hydrogen) atoms. The number of fused-ring (bicyclic) bond motifs is 1. The molecule has 0 spiro atoms. The fourth-order valence-corrected chi connectivity index (χ4v) is 4.39. The zero-order valence-electron chi connectivity index (χ0n) is 18.6. The molecule has 2 aliphatic carbocycles. The summed E-state index contributed by atoms with van der Waals surface area (Å²) in [6.07, 6.45) is 2.03. The number of aromatic nitrogens is 1. The number of carbonyl (C=O) groups is 3. The van der Waals surface area contributed by atoms with Crippen LogP contribution < -0.4 is 0 Å². The van der Waals surface area contributed by atoms with Crippen LogP contribution in [0.1, 0.15) is 81.6 Å². The normalized spacial score (nSPS) is 23.0. The topological polar surface area (TPSA) is 130 Å². The molecule has 1 fully saturated rings. The van der Waals surface area contributed by atoms with Crippen LogP contribution in [0.3, 0.4) is 0 Å². The van der Waals surface area contributed by atoms with E-state index in [1.54, 1.807) is 0 Å². The van der Waals surface area contributed by atoms with Crippen LogP contribution in [-0.4, -0.2) is 45.2 Å². The van der Waals surface area contributed by atoms with Gasteiger partial charge in [-0.1, -0.05) is 32.9 Å². The smallest absolute Gasteiger partial charge is 0.305 e. The van der Waals surface area contributed by atoms with Gasteiger partial charge in [-0.3, -0.25) is 19.4 Å². The van der Waals surface area contributed by atoms with E-state index in [4.69, 9.17) is 9.63 Å². The van der Waals surface area contributed by atoms with Crippen LogP contribution in [0.15, 0.2) is 20.8 Å². The Morgan fingerprint density at radius 1 is 1.00 bits per heavy atom. The Hall–Kier alpha value is -2.77. The first kappa shape index (κ1) is 22.9. The highest BCUT2D eigenvalue weighted by Crippen LogP contribution is 2.38. The summed E-state index contributed by atoms with van der Waals surface area (Å²) in [7, 11) is 0. The van der Waals surface area contributed by atoms with Gasteiger partial charge in [0, 0.05) is 44.4 Å². The number of carboxylic acids is 1. The number of aliphatic hydroxyl groups excluding tert-OH is 1. The van der Waals surface area contributed by atoms with Crippen LogP contribution in [0.4, 0.5) is 0 Å². The molecule has 3 rings (SSSR count). The quantitative estimate of drug-likeness (QED) is 0.517. The van der Waals surface area contributed by atoms with Gasteiger partial charge in [0.15, 0.2) is 11.6 Å². The van der Waals surface area contributed by atoms with Crippen molar-refractivity contribution >= 4 is 23.2 Å². The van der Waals surface area contributed by atoms with E-state index in [-0.39, 0.29) is 66.0 Å². The fourth-order valence-electron chi connectivity index (χ4n) is 4.39. The highest BCUT2D eigenvalue weighted by atomic mass is 16.5. The average molecular weight is 431 g/mol. The lowest BCUT2D eigenvalue weighted by atomic mass is 9.73. The number of aryl methyl sites for hydroxylation is 1. The molecule has 0 atom stereocenters. The minimum atomic E-state index is -0.968. The van der Waals surface area contributed by atoms with E-state index in [1.165, 1.54) is 0 Å². The van der Waals surface area contributed by atoms with Crippen molar-refractivity contribution in [1.29, 1.82) is 0 Å². The second-order valence-electron chi connectivity index (χ2n) is 10.1. The third kappa shape index (κ3) is 5.29. The van der Waals surface area contributed by atoms with Gasteiger partial charge in [-0.2, -0.15) is 0 Å². The Morgan fingerprint density at radius 2 is 1.65 bits per heavy atom. The van der Waals surface area contributed by atoms with Gasteiger partial charge in [0.05, 0.1) is 23.3 Å². The highest BCUT2D eigenvalue weighted by molar-refractivity contribution is 6.24. The molecular formula is C23H30N2O6. The molecule has 0 saturated heterocycles. The first-order chi connectivity index (χ1) is 14.4. The van der Waals surface area contributed by atoms with Crippen molar-refractivity contribution in [3.05, 3.63) is 28.3 Å². The van der Waals surface area contributed by atoms with E-state index < -0.39 is 5.97 Å². The molecular weight excluding hydrogens is 400 g/mol. The number of aliphatic imine (C=N–C) groups is 1. The monoisotopic (exact) mass is 430 g/mol. The lowest BCUT2D eigenvalue weighted by Crippen LogP contribution is -2.33. The van der Waals surface area contributed by atoms with E-state index in [2.05, 4.69) is 10.1 Å². The van der Waals surface area contributed by atoms with Gasteiger partial charge in [-0.05, 0) is 17.3 Å². The number of aliphatic hydroxyl groups is 1. The summed E-state index contributed by atoms with van der Waals surface area (Å²) in [5, 5.41) is 23.7. The van der Waals surface area contributed by atoms with Crippen molar-refractivity contribution in [2.24, 2.45) is 15.8 Å². The summed E-state index contributed by atoms with van der Waals surface area (Å²) >= 11 is 0. The van der Waals surface area contributed by atoms with Crippen molar-refractivity contribution in [2.45, 2.75) is 72.6 Å². The summed E-state index contributed by atoms with van der Waals surface area (Å²) in [4.78, 5) is 40.5. The van der Waals surface area contributed by atoms with Crippen molar-refractivity contribution in [3.63, 3.8) is 0 Å². The molecule has 0 aromatic carbocycles. The molecule has 8 nitrogen and oxygen atoms in total. The largest absolute Gasteiger partial charge is 0.511 e. The molecule has 168 valence electrons. The Bertz CT molecular complexity index is 980. The second-order valence-corrected chi connectivity index (χ2v) is 10.1. The molecule has 8 heteroatoms. The molecule has 0 aliphatic heterocycles. The number of hydrogen-bond donors (Lipinski definition) is 2. The Balaban J connectivity index is 1.83. The molecule has 1 aromatic rings. The lowest BCUT2D eigenvalue weighted by Gasteiger charge is -2.31. The minimum absolute atomic E-state index is 0.0129. The SMILES string of the molecule is CC1(C)CC(=O)/C(=C(\O)CCc2noc3c2C(=O)CC(C)(C)C3)C(=NCCC(=O)O)C1. The number of carboxylic acid groups (broad SMARTS) is 1. The number of Topliss-reactive ketones (excluding diaryl/α,β-unsaturated/α-hetero) is 2. The molecule has 1 aromatic heterocycles. The molecule has 0 radical (unpaired) electrons. The maximum atomic E-state index is 12.8. The highest BCUT2D eigenvalue weighted by Gasteiger charge is 2.38. The maximum absolute atomic E-state index is 12.8. The lowest BCUT2D eigenvalue weighted by molar-refractivity contribution is -0.136. The fraction of sp³-hybridized carbons (Fsp3) is 0.609. The van der Waals surface area contributed by atoms with Gasteiger partial charge in [-0.25, -0.2) is 0 Å². The molecule has 2 aliphatic rings. The Labute approximate surface area is 181 Å². The Kier molecular flexibility index (Phi) is 6.21. The van der Waals surface area contributed by atoms with Crippen molar-refractivity contribution < 1.29 is 29.1 Å². The van der Waals surface area contributed by atoms with Crippen LogP contribution in [0, 0.1) is 10.8 Å². The zero-order chi connectivity index (χ0) is 23.0. The molecule has 1 heterocycles. The van der Waals surface area contributed by atoms with Gasteiger partial charge in [-0.15, -0.1) is 0 Å². The zero-order valence-corrected chi connectivity index (χ0v) is 18.6. The first-order valence-electron chi connectivity index (χ1n) is 10.6. The number of ketones is 2. The molecule has 0 unspecified atom stereocenters. The van der Waals surface area contributed by atoms with Crippen molar-refractivity contribution in [2.75, 3.05) is 6.54 Å². The van der Waals surface area contributed by atoms with Crippen LogP contribution >= 0.6 is 0 Å². The molecule has 0 bridgehead atoms. The standard InChI is InChI=1S/C23H30N2O6/c1-22(2)9-14(24-8-7-19(29)30)20(16(27)10-22)15(26)6-5-13-21-17(28)11-23(3,4)12-18(21)31-25-13/h26H,5-12H2,1-4H3,(H,29,30)/b20-15-,24-14?. The summed E-state index contributed by atoms with van der Waals surface area (Å²) in [5.41, 5.74) is 1.13. The van der Waals surface area contributed by atoms with Crippen LogP contribution in [0.25, 0.3) is 0 Å². The second kappa shape index (κ2) is 8.40. The number of hydrogen-bond acceptors (Lipinski definition) is 7.